The molecular weight excluding hydrogens is 362 g/mol. The van der Waals surface area contributed by atoms with E-state index < -0.39 is 5.91 Å². The number of nitrogens with zero attached hydrogens (tertiary/aromatic N) is 4. The summed E-state index contributed by atoms with van der Waals surface area (Å²) in [6.07, 6.45) is 3.16. The average molecular weight is 377 g/mol. The van der Waals surface area contributed by atoms with Gasteiger partial charge in [0, 0.05) is 23.4 Å². The first kappa shape index (κ1) is 16.3. The van der Waals surface area contributed by atoms with E-state index in [4.69, 9.17) is 4.74 Å². The van der Waals surface area contributed by atoms with Crippen molar-refractivity contribution in [2.75, 3.05) is 11.9 Å². The molecule has 0 unspecified atom stereocenters. The van der Waals surface area contributed by atoms with Gasteiger partial charge in [-0.1, -0.05) is 11.3 Å². The van der Waals surface area contributed by atoms with Gasteiger partial charge in [0.25, 0.3) is 11.5 Å². The quantitative estimate of drug-likeness (QED) is 0.752. The predicted octanol–water partition coefficient (Wildman–Crippen LogP) is 2.33. The van der Waals surface area contributed by atoms with Crippen LogP contribution in [0, 0.1) is 13.8 Å². The SMILES string of the molecule is Cc1sc2ncc(C(=O)Nc3nnc([C@H]4CCCO4)s3)c(=O)n2c1C. The second-order valence-electron chi connectivity index (χ2n) is 5.74. The lowest BCUT2D eigenvalue weighted by Crippen LogP contribution is -2.26. The van der Waals surface area contributed by atoms with Crippen molar-refractivity contribution in [1.29, 1.82) is 0 Å². The molecule has 130 valence electrons. The van der Waals surface area contributed by atoms with Crippen LogP contribution in [0.2, 0.25) is 0 Å². The average Bonchev–Trinajstić information content (AvgIpc) is 3.29. The van der Waals surface area contributed by atoms with Crippen LogP contribution in [0.15, 0.2) is 11.0 Å². The van der Waals surface area contributed by atoms with E-state index >= 15 is 0 Å². The summed E-state index contributed by atoms with van der Waals surface area (Å²) in [5.41, 5.74) is 0.393. The molecule has 1 aliphatic heterocycles. The zero-order valence-electron chi connectivity index (χ0n) is 13.6. The van der Waals surface area contributed by atoms with E-state index in [9.17, 15) is 9.59 Å². The van der Waals surface area contributed by atoms with E-state index in [0.29, 0.717) is 16.7 Å². The number of ether oxygens (including phenoxy) is 1. The van der Waals surface area contributed by atoms with Crippen molar-refractivity contribution in [2.24, 2.45) is 0 Å². The maximum atomic E-state index is 12.6. The number of hydrogen-bond donors (Lipinski definition) is 1. The molecule has 10 heteroatoms. The van der Waals surface area contributed by atoms with E-state index in [0.717, 1.165) is 28.4 Å². The maximum Gasteiger partial charge on any atom is 0.271 e. The first-order valence-corrected chi connectivity index (χ1v) is 9.42. The number of anilines is 1. The van der Waals surface area contributed by atoms with Crippen molar-refractivity contribution >= 4 is 38.7 Å². The van der Waals surface area contributed by atoms with Crippen LogP contribution in [0.25, 0.3) is 4.96 Å². The van der Waals surface area contributed by atoms with Crippen LogP contribution >= 0.6 is 22.7 Å². The van der Waals surface area contributed by atoms with Crippen LogP contribution in [-0.4, -0.2) is 32.1 Å². The number of aryl methyl sites for hydroxylation is 2. The normalized spacial score (nSPS) is 17.3. The van der Waals surface area contributed by atoms with Crippen molar-refractivity contribution in [3.8, 4) is 0 Å². The van der Waals surface area contributed by atoms with E-state index in [2.05, 4.69) is 20.5 Å². The molecule has 4 heterocycles. The molecule has 0 spiro atoms. The molecule has 0 bridgehead atoms. The van der Waals surface area contributed by atoms with Crippen molar-refractivity contribution < 1.29 is 9.53 Å². The number of rotatable bonds is 3. The summed E-state index contributed by atoms with van der Waals surface area (Å²) < 4.78 is 7.02. The fourth-order valence-corrected chi connectivity index (χ4v) is 4.44. The van der Waals surface area contributed by atoms with Gasteiger partial charge < -0.3 is 4.74 Å². The third kappa shape index (κ3) is 2.86. The highest BCUT2D eigenvalue weighted by molar-refractivity contribution is 7.17. The van der Waals surface area contributed by atoms with Crippen LogP contribution in [0.4, 0.5) is 5.13 Å². The molecule has 1 amide bonds. The van der Waals surface area contributed by atoms with Crippen molar-refractivity contribution in [3.05, 3.63) is 37.7 Å². The van der Waals surface area contributed by atoms with Gasteiger partial charge in [0.1, 0.15) is 16.7 Å². The van der Waals surface area contributed by atoms with E-state index in [1.54, 1.807) is 0 Å². The van der Waals surface area contributed by atoms with Gasteiger partial charge in [-0.05, 0) is 26.7 Å². The lowest BCUT2D eigenvalue weighted by atomic mass is 10.2. The molecule has 3 aromatic heterocycles. The number of aromatic nitrogens is 4. The molecule has 1 N–H and O–H groups in total. The summed E-state index contributed by atoms with van der Waals surface area (Å²) in [5, 5.41) is 11.8. The van der Waals surface area contributed by atoms with E-state index in [1.807, 2.05) is 13.8 Å². The third-order valence-electron chi connectivity index (χ3n) is 4.13. The Hall–Kier alpha value is -2.17. The summed E-state index contributed by atoms with van der Waals surface area (Å²) in [5.74, 6) is -0.537. The molecule has 1 aliphatic rings. The highest BCUT2D eigenvalue weighted by atomic mass is 32.1. The highest BCUT2D eigenvalue weighted by Gasteiger charge is 2.23. The molecule has 0 saturated carbocycles. The van der Waals surface area contributed by atoms with Gasteiger partial charge in [-0.25, -0.2) is 4.98 Å². The largest absolute Gasteiger partial charge is 0.371 e. The number of amides is 1. The van der Waals surface area contributed by atoms with Gasteiger partial charge in [0.2, 0.25) is 5.13 Å². The molecule has 0 radical (unpaired) electrons. The van der Waals surface area contributed by atoms with Crippen LogP contribution in [0.3, 0.4) is 0 Å². The minimum Gasteiger partial charge on any atom is -0.371 e. The van der Waals surface area contributed by atoms with Gasteiger partial charge in [0.05, 0.1) is 0 Å². The zero-order chi connectivity index (χ0) is 17.6. The maximum absolute atomic E-state index is 12.6. The molecule has 25 heavy (non-hydrogen) atoms. The van der Waals surface area contributed by atoms with E-state index in [-0.39, 0.29) is 17.2 Å². The molecule has 4 rings (SSSR count). The summed E-state index contributed by atoms with van der Waals surface area (Å²) in [7, 11) is 0. The van der Waals surface area contributed by atoms with Gasteiger partial charge in [-0.15, -0.1) is 21.5 Å². The topological polar surface area (TPSA) is 98.5 Å². The van der Waals surface area contributed by atoms with E-state index in [1.165, 1.54) is 33.3 Å². The van der Waals surface area contributed by atoms with Crippen LogP contribution < -0.4 is 10.9 Å². The first-order chi connectivity index (χ1) is 12.0. The number of thiazole rings is 1. The van der Waals surface area contributed by atoms with Crippen molar-refractivity contribution in [3.63, 3.8) is 0 Å². The highest BCUT2D eigenvalue weighted by Crippen LogP contribution is 2.31. The Bertz CT molecular complexity index is 1020. The predicted molar refractivity (Wildman–Crippen MR) is 94.6 cm³/mol. The van der Waals surface area contributed by atoms with Gasteiger partial charge in [0.15, 0.2) is 4.96 Å². The Morgan fingerprint density at radius 1 is 1.36 bits per heavy atom. The number of nitrogens with one attached hydrogen (secondary N) is 1. The van der Waals surface area contributed by atoms with Crippen molar-refractivity contribution in [1.82, 2.24) is 19.6 Å². The van der Waals surface area contributed by atoms with Gasteiger partial charge >= 0.3 is 0 Å². The minimum absolute atomic E-state index is 0.0210. The summed E-state index contributed by atoms with van der Waals surface area (Å²) >= 11 is 2.68. The molecule has 1 saturated heterocycles. The number of carbonyl (C=O) groups is 1. The summed E-state index contributed by atoms with van der Waals surface area (Å²) in [6.45, 7) is 4.47. The van der Waals surface area contributed by atoms with Crippen LogP contribution in [-0.2, 0) is 4.74 Å². The van der Waals surface area contributed by atoms with Crippen molar-refractivity contribution in [2.45, 2.75) is 32.8 Å². The van der Waals surface area contributed by atoms with Crippen LogP contribution in [0.5, 0.6) is 0 Å². The minimum atomic E-state index is -0.537. The second-order valence-corrected chi connectivity index (χ2v) is 7.93. The van der Waals surface area contributed by atoms with Gasteiger partial charge in [-0.2, -0.15) is 0 Å². The smallest absolute Gasteiger partial charge is 0.271 e. The second kappa shape index (κ2) is 6.28. The number of carbonyl (C=O) groups excluding carboxylic acids is 1. The molecule has 3 aromatic rings. The Morgan fingerprint density at radius 2 is 2.20 bits per heavy atom. The standard InChI is InChI=1S/C15H15N5O3S2/c1-7-8(2)24-15-16-6-9(13(22)20(7)15)11(21)17-14-19-18-12(25-14)10-4-3-5-23-10/h6,10H,3-5H2,1-2H3,(H,17,19,21)/t10-/m1/s1. The Morgan fingerprint density at radius 3 is 2.96 bits per heavy atom. The molecule has 0 aromatic carbocycles. The Kier molecular flexibility index (Phi) is 4.10. The third-order valence-corrected chi connectivity index (χ3v) is 6.13. The van der Waals surface area contributed by atoms with Gasteiger partial charge in [-0.3, -0.25) is 19.3 Å². The van der Waals surface area contributed by atoms with Crippen LogP contribution in [0.1, 0.15) is 44.9 Å². The number of hydrogen-bond acceptors (Lipinski definition) is 8. The lowest BCUT2D eigenvalue weighted by molar-refractivity contribution is 0.102. The molecule has 1 fully saturated rings. The summed E-state index contributed by atoms with van der Waals surface area (Å²) in [4.78, 5) is 30.9. The Balaban J connectivity index is 1.61. The Labute approximate surface area is 150 Å². The fraction of sp³-hybridized carbons (Fsp3) is 0.400. The summed E-state index contributed by atoms with van der Waals surface area (Å²) in [6, 6.07) is 0. The fourth-order valence-electron chi connectivity index (χ4n) is 2.68. The molecule has 8 nitrogen and oxygen atoms in total. The molecular formula is C15H15N5O3S2. The lowest BCUT2D eigenvalue weighted by Gasteiger charge is -2.03. The molecule has 1 atom stereocenters. The zero-order valence-corrected chi connectivity index (χ0v) is 15.2. The monoisotopic (exact) mass is 377 g/mol. The number of fused-ring (bicyclic) bond motifs is 1. The first-order valence-electron chi connectivity index (χ1n) is 7.78. The molecule has 0 aliphatic carbocycles.